The molecule has 0 bridgehead atoms. The molecule has 0 spiro atoms. The summed E-state index contributed by atoms with van der Waals surface area (Å²) in [7, 11) is 0. The van der Waals surface area contributed by atoms with Gasteiger partial charge in [-0.2, -0.15) is 0 Å². The van der Waals surface area contributed by atoms with Crippen LogP contribution in [0.15, 0.2) is 36.9 Å². The van der Waals surface area contributed by atoms with E-state index in [1.165, 1.54) is 4.90 Å². The number of carbonyl (C=O) groups is 3. The summed E-state index contributed by atoms with van der Waals surface area (Å²) in [5.41, 5.74) is 1.15. The molecule has 0 aromatic heterocycles. The molecule has 0 heterocycles. The van der Waals surface area contributed by atoms with Crippen LogP contribution in [0.2, 0.25) is 0 Å². The van der Waals surface area contributed by atoms with E-state index in [0.29, 0.717) is 5.56 Å². The fourth-order valence-electron chi connectivity index (χ4n) is 3.49. The minimum absolute atomic E-state index is 0.0297. The van der Waals surface area contributed by atoms with Gasteiger partial charge in [-0.3, -0.25) is 9.59 Å². The molecule has 1 rings (SSSR count). The molecule has 0 aliphatic rings. The standard InChI is InChI=1S/C26H41N3O4/c1-9-12-18(4)27-23(30)22(21-15-13-20(11-3)14-16-21)29(17-10-2)24(31)19(5)28-25(32)33-26(6,7)8/h10,13-16,18-19,22H,2,9,11-12,17H2,1,3-8H3,(H,27,30)(H,28,32). The quantitative estimate of drug-likeness (QED) is 0.476. The van der Waals surface area contributed by atoms with Gasteiger partial charge in [-0.25, -0.2) is 4.79 Å². The lowest BCUT2D eigenvalue weighted by molar-refractivity contribution is -0.141. The fourth-order valence-corrected chi connectivity index (χ4v) is 3.49. The molecule has 3 atom stereocenters. The zero-order valence-corrected chi connectivity index (χ0v) is 21.2. The van der Waals surface area contributed by atoms with Crippen LogP contribution in [0.3, 0.4) is 0 Å². The molecule has 7 nitrogen and oxygen atoms in total. The van der Waals surface area contributed by atoms with Gasteiger partial charge in [0.15, 0.2) is 0 Å². The number of aryl methyl sites for hydroxylation is 1. The van der Waals surface area contributed by atoms with Gasteiger partial charge >= 0.3 is 6.09 Å². The first-order chi connectivity index (χ1) is 15.4. The summed E-state index contributed by atoms with van der Waals surface area (Å²) >= 11 is 0. The monoisotopic (exact) mass is 459 g/mol. The molecule has 7 heteroatoms. The van der Waals surface area contributed by atoms with Crippen LogP contribution in [-0.4, -0.2) is 47.0 Å². The van der Waals surface area contributed by atoms with Crippen LogP contribution in [-0.2, 0) is 20.7 Å². The highest BCUT2D eigenvalue weighted by atomic mass is 16.6. The maximum absolute atomic E-state index is 13.4. The van der Waals surface area contributed by atoms with E-state index in [1.807, 2.05) is 31.2 Å². The summed E-state index contributed by atoms with van der Waals surface area (Å²) in [6.07, 6.45) is 3.53. The van der Waals surface area contributed by atoms with Crippen LogP contribution in [0.25, 0.3) is 0 Å². The average molecular weight is 460 g/mol. The van der Waals surface area contributed by atoms with E-state index < -0.39 is 29.7 Å². The molecular formula is C26H41N3O4. The Morgan fingerprint density at radius 3 is 2.18 bits per heavy atom. The largest absolute Gasteiger partial charge is 0.444 e. The molecule has 2 N–H and O–H groups in total. The summed E-state index contributed by atoms with van der Waals surface area (Å²) in [4.78, 5) is 40.5. The molecule has 1 aromatic rings. The Kier molecular flexibility index (Phi) is 11.1. The smallest absolute Gasteiger partial charge is 0.408 e. The number of nitrogens with one attached hydrogen (secondary N) is 2. The van der Waals surface area contributed by atoms with Gasteiger partial charge in [-0.05, 0) is 58.6 Å². The van der Waals surface area contributed by atoms with Gasteiger partial charge in [0.25, 0.3) is 0 Å². The predicted octanol–water partition coefficient (Wildman–Crippen LogP) is 4.52. The molecule has 3 amide bonds. The number of hydrogen-bond donors (Lipinski definition) is 2. The number of benzene rings is 1. The first-order valence-corrected chi connectivity index (χ1v) is 11.7. The van der Waals surface area contributed by atoms with Crippen molar-refractivity contribution in [2.24, 2.45) is 0 Å². The number of ether oxygens (including phenoxy) is 1. The first-order valence-electron chi connectivity index (χ1n) is 11.7. The van der Waals surface area contributed by atoms with Crippen molar-refractivity contribution in [3.63, 3.8) is 0 Å². The van der Waals surface area contributed by atoms with Gasteiger partial charge in [0.1, 0.15) is 17.7 Å². The van der Waals surface area contributed by atoms with Crippen LogP contribution in [0, 0.1) is 0 Å². The second-order valence-electron chi connectivity index (χ2n) is 9.34. The predicted molar refractivity (Wildman–Crippen MR) is 132 cm³/mol. The summed E-state index contributed by atoms with van der Waals surface area (Å²) in [6, 6.07) is 5.90. The van der Waals surface area contributed by atoms with Gasteiger partial charge < -0.3 is 20.3 Å². The lowest BCUT2D eigenvalue weighted by Gasteiger charge is -2.33. The van der Waals surface area contributed by atoms with Crippen LogP contribution < -0.4 is 10.6 Å². The summed E-state index contributed by atoms with van der Waals surface area (Å²) in [5.74, 6) is -0.663. The van der Waals surface area contributed by atoms with E-state index in [-0.39, 0.29) is 18.5 Å². The van der Waals surface area contributed by atoms with Crippen LogP contribution in [0.5, 0.6) is 0 Å². The molecule has 0 fully saturated rings. The van der Waals surface area contributed by atoms with Crippen LogP contribution in [0.1, 0.15) is 78.5 Å². The Hall–Kier alpha value is -2.83. The Balaban J connectivity index is 3.26. The van der Waals surface area contributed by atoms with E-state index in [0.717, 1.165) is 24.8 Å². The molecule has 3 unspecified atom stereocenters. The normalized spacial score (nSPS) is 13.9. The molecular weight excluding hydrogens is 418 g/mol. The first kappa shape index (κ1) is 28.2. The van der Waals surface area contributed by atoms with Crippen molar-refractivity contribution in [3.05, 3.63) is 48.0 Å². The number of amides is 3. The second-order valence-corrected chi connectivity index (χ2v) is 9.34. The summed E-state index contributed by atoms with van der Waals surface area (Å²) in [6.45, 7) is 16.8. The lowest BCUT2D eigenvalue weighted by Crippen LogP contribution is -2.52. The van der Waals surface area contributed by atoms with Gasteiger partial charge in [-0.15, -0.1) is 6.58 Å². The highest BCUT2D eigenvalue weighted by molar-refractivity contribution is 5.92. The highest BCUT2D eigenvalue weighted by Gasteiger charge is 2.34. The van der Waals surface area contributed by atoms with E-state index >= 15 is 0 Å². The second kappa shape index (κ2) is 13.0. The van der Waals surface area contributed by atoms with E-state index in [1.54, 1.807) is 33.8 Å². The molecule has 0 saturated heterocycles. The topological polar surface area (TPSA) is 87.7 Å². The average Bonchev–Trinajstić information content (AvgIpc) is 2.72. The molecule has 0 radical (unpaired) electrons. The van der Waals surface area contributed by atoms with Crippen molar-refractivity contribution < 1.29 is 19.1 Å². The number of carbonyl (C=O) groups excluding carboxylic acids is 3. The maximum Gasteiger partial charge on any atom is 0.408 e. The van der Waals surface area contributed by atoms with Crippen molar-refractivity contribution in [2.45, 2.75) is 91.5 Å². The van der Waals surface area contributed by atoms with Crippen LogP contribution >= 0.6 is 0 Å². The van der Waals surface area contributed by atoms with Crippen molar-refractivity contribution in [3.8, 4) is 0 Å². The van der Waals surface area contributed by atoms with Gasteiger partial charge in [0, 0.05) is 12.6 Å². The Morgan fingerprint density at radius 2 is 1.70 bits per heavy atom. The highest BCUT2D eigenvalue weighted by Crippen LogP contribution is 2.24. The molecule has 0 saturated carbocycles. The third kappa shape index (κ3) is 9.28. The number of rotatable bonds is 11. The van der Waals surface area contributed by atoms with Crippen molar-refractivity contribution >= 4 is 17.9 Å². The lowest BCUT2D eigenvalue weighted by atomic mass is 10.00. The molecule has 1 aromatic carbocycles. The minimum atomic E-state index is -0.891. The summed E-state index contributed by atoms with van der Waals surface area (Å²) in [5, 5.41) is 5.61. The third-order valence-electron chi connectivity index (χ3n) is 5.09. The zero-order chi connectivity index (χ0) is 25.2. The van der Waals surface area contributed by atoms with Gasteiger partial charge in [-0.1, -0.05) is 50.6 Å². The Labute approximate surface area is 198 Å². The molecule has 0 aliphatic carbocycles. The molecule has 0 aliphatic heterocycles. The van der Waals surface area contributed by atoms with Gasteiger partial charge in [0.05, 0.1) is 0 Å². The number of nitrogens with zero attached hydrogens (tertiary/aromatic N) is 1. The van der Waals surface area contributed by atoms with E-state index in [9.17, 15) is 14.4 Å². The van der Waals surface area contributed by atoms with E-state index in [2.05, 4.69) is 31.1 Å². The SMILES string of the molecule is C=CCN(C(=O)C(C)NC(=O)OC(C)(C)C)C(C(=O)NC(C)CCC)c1ccc(CC)cc1. The van der Waals surface area contributed by atoms with E-state index in [4.69, 9.17) is 4.74 Å². The van der Waals surface area contributed by atoms with Crippen molar-refractivity contribution in [2.75, 3.05) is 6.54 Å². The number of hydrogen-bond acceptors (Lipinski definition) is 4. The Morgan fingerprint density at radius 1 is 1.09 bits per heavy atom. The van der Waals surface area contributed by atoms with Crippen molar-refractivity contribution in [1.82, 2.24) is 15.5 Å². The maximum atomic E-state index is 13.4. The van der Waals surface area contributed by atoms with Gasteiger partial charge in [0.2, 0.25) is 11.8 Å². The van der Waals surface area contributed by atoms with Crippen molar-refractivity contribution in [1.29, 1.82) is 0 Å². The fraction of sp³-hybridized carbons (Fsp3) is 0.577. The zero-order valence-electron chi connectivity index (χ0n) is 21.2. The number of alkyl carbamates (subject to hydrolysis) is 1. The Bertz CT molecular complexity index is 799. The molecule has 184 valence electrons. The van der Waals surface area contributed by atoms with Crippen LogP contribution in [0.4, 0.5) is 4.79 Å². The third-order valence-corrected chi connectivity index (χ3v) is 5.09. The summed E-state index contributed by atoms with van der Waals surface area (Å²) < 4.78 is 5.28. The minimum Gasteiger partial charge on any atom is -0.444 e. The molecule has 33 heavy (non-hydrogen) atoms.